The lowest BCUT2D eigenvalue weighted by molar-refractivity contribution is -0.142. The number of aliphatic hydroxyl groups is 1. The standard InChI is InChI=1S/C7H8F3IN2O/c1-4-5(11)6(7(8,9)10)12-13(4)2-3-14/h14H,2-3H2,1H3. The van der Waals surface area contributed by atoms with Gasteiger partial charge in [-0.1, -0.05) is 0 Å². The Hall–Kier alpha value is -0.310. The van der Waals surface area contributed by atoms with Crippen molar-refractivity contribution in [2.75, 3.05) is 6.61 Å². The van der Waals surface area contributed by atoms with Crippen molar-refractivity contribution in [3.8, 4) is 0 Å². The Balaban J connectivity index is 3.15. The number of halogens is 4. The Kier molecular flexibility index (Phi) is 3.40. The predicted molar refractivity (Wildman–Crippen MR) is 51.8 cm³/mol. The average molecular weight is 320 g/mol. The summed E-state index contributed by atoms with van der Waals surface area (Å²) in [6.07, 6.45) is -4.43. The van der Waals surface area contributed by atoms with Crippen LogP contribution in [0.15, 0.2) is 0 Å². The molecule has 0 spiro atoms. The van der Waals surface area contributed by atoms with E-state index < -0.39 is 11.9 Å². The molecule has 0 atom stereocenters. The molecule has 0 amide bonds. The highest BCUT2D eigenvalue weighted by atomic mass is 127. The lowest BCUT2D eigenvalue weighted by Gasteiger charge is -2.01. The SMILES string of the molecule is Cc1c(I)c(C(F)(F)F)nn1CCO. The third kappa shape index (κ3) is 2.19. The van der Waals surface area contributed by atoms with Gasteiger partial charge in [-0.15, -0.1) is 0 Å². The lowest BCUT2D eigenvalue weighted by Crippen LogP contribution is -2.10. The number of hydrogen-bond donors (Lipinski definition) is 1. The van der Waals surface area contributed by atoms with E-state index in [-0.39, 0.29) is 16.7 Å². The fourth-order valence-corrected chi connectivity index (χ4v) is 1.71. The molecular formula is C7H8F3IN2O. The van der Waals surface area contributed by atoms with Gasteiger partial charge in [0.15, 0.2) is 5.69 Å². The summed E-state index contributed by atoms with van der Waals surface area (Å²) in [4.78, 5) is 0. The van der Waals surface area contributed by atoms with Gasteiger partial charge in [-0.3, -0.25) is 4.68 Å². The third-order valence-corrected chi connectivity index (χ3v) is 3.01. The molecule has 1 aromatic heterocycles. The maximum absolute atomic E-state index is 12.3. The van der Waals surface area contributed by atoms with Crippen LogP contribution in [0, 0.1) is 10.5 Å². The molecule has 1 rings (SSSR count). The Morgan fingerprint density at radius 2 is 2.07 bits per heavy atom. The van der Waals surface area contributed by atoms with Crippen LogP contribution >= 0.6 is 22.6 Å². The summed E-state index contributed by atoms with van der Waals surface area (Å²) in [5, 5.41) is 12.0. The van der Waals surface area contributed by atoms with Crippen LogP contribution in [0.3, 0.4) is 0 Å². The molecule has 3 nitrogen and oxygen atoms in total. The highest BCUT2D eigenvalue weighted by Gasteiger charge is 2.37. The molecule has 0 aliphatic rings. The highest BCUT2D eigenvalue weighted by molar-refractivity contribution is 14.1. The van der Waals surface area contributed by atoms with E-state index in [0.717, 1.165) is 4.68 Å². The molecule has 0 saturated carbocycles. The molecule has 1 N–H and O–H groups in total. The Morgan fingerprint density at radius 1 is 1.50 bits per heavy atom. The summed E-state index contributed by atoms with van der Waals surface area (Å²) in [6.45, 7) is 1.40. The minimum absolute atomic E-state index is 0.0813. The van der Waals surface area contributed by atoms with Crippen molar-refractivity contribution in [1.29, 1.82) is 0 Å². The highest BCUT2D eigenvalue weighted by Crippen LogP contribution is 2.32. The monoisotopic (exact) mass is 320 g/mol. The smallest absolute Gasteiger partial charge is 0.394 e. The molecule has 0 unspecified atom stereocenters. The zero-order chi connectivity index (χ0) is 10.9. The first-order chi connectivity index (χ1) is 6.38. The maximum atomic E-state index is 12.3. The molecule has 0 aliphatic heterocycles. The fourth-order valence-electron chi connectivity index (χ4n) is 1.02. The minimum atomic E-state index is -4.43. The molecule has 0 fully saturated rings. The van der Waals surface area contributed by atoms with E-state index in [1.807, 2.05) is 0 Å². The van der Waals surface area contributed by atoms with Crippen molar-refractivity contribution in [1.82, 2.24) is 9.78 Å². The second-order valence-electron chi connectivity index (χ2n) is 2.69. The molecule has 0 saturated heterocycles. The third-order valence-electron chi connectivity index (χ3n) is 1.71. The molecular weight excluding hydrogens is 312 g/mol. The first-order valence-corrected chi connectivity index (χ1v) is 4.86. The van der Waals surface area contributed by atoms with Gasteiger partial charge in [0.2, 0.25) is 0 Å². The molecule has 80 valence electrons. The van der Waals surface area contributed by atoms with Crippen LogP contribution in [0.2, 0.25) is 0 Å². The summed E-state index contributed by atoms with van der Waals surface area (Å²) >= 11 is 1.61. The summed E-state index contributed by atoms with van der Waals surface area (Å²) in [5.41, 5.74) is -0.462. The number of hydrogen-bond acceptors (Lipinski definition) is 2. The van der Waals surface area contributed by atoms with Crippen molar-refractivity contribution in [2.45, 2.75) is 19.6 Å². The molecule has 1 heterocycles. The topological polar surface area (TPSA) is 38.0 Å². The molecule has 0 radical (unpaired) electrons. The van der Waals surface area contributed by atoms with Crippen LogP contribution in [-0.4, -0.2) is 21.5 Å². The Bertz CT molecular complexity index is 334. The lowest BCUT2D eigenvalue weighted by atomic mass is 10.3. The van der Waals surface area contributed by atoms with Gasteiger partial charge in [0.25, 0.3) is 0 Å². The van der Waals surface area contributed by atoms with Crippen molar-refractivity contribution in [3.05, 3.63) is 15.0 Å². The normalized spacial score (nSPS) is 12.1. The van der Waals surface area contributed by atoms with Crippen LogP contribution in [0.4, 0.5) is 13.2 Å². The Labute approximate surface area is 92.1 Å². The molecule has 1 aromatic rings. The summed E-state index contributed by atoms with van der Waals surface area (Å²) in [7, 11) is 0. The van der Waals surface area contributed by atoms with Crippen molar-refractivity contribution in [2.24, 2.45) is 0 Å². The van der Waals surface area contributed by atoms with Gasteiger partial charge in [0, 0.05) is 5.69 Å². The van der Waals surface area contributed by atoms with Crippen molar-refractivity contribution >= 4 is 22.6 Å². The van der Waals surface area contributed by atoms with E-state index >= 15 is 0 Å². The zero-order valence-corrected chi connectivity index (χ0v) is 9.43. The first-order valence-electron chi connectivity index (χ1n) is 3.79. The van der Waals surface area contributed by atoms with Gasteiger partial charge in [-0.05, 0) is 29.5 Å². The minimum Gasteiger partial charge on any atom is -0.394 e. The van der Waals surface area contributed by atoms with Gasteiger partial charge < -0.3 is 5.11 Å². The molecule has 7 heteroatoms. The maximum Gasteiger partial charge on any atom is 0.436 e. The average Bonchev–Trinajstić information content (AvgIpc) is 2.32. The molecule has 14 heavy (non-hydrogen) atoms. The van der Waals surface area contributed by atoms with E-state index in [1.165, 1.54) is 0 Å². The zero-order valence-electron chi connectivity index (χ0n) is 7.27. The quantitative estimate of drug-likeness (QED) is 0.844. The van der Waals surface area contributed by atoms with E-state index in [2.05, 4.69) is 5.10 Å². The van der Waals surface area contributed by atoms with Crippen LogP contribution in [0.5, 0.6) is 0 Å². The van der Waals surface area contributed by atoms with Gasteiger partial charge in [-0.25, -0.2) is 0 Å². The first kappa shape index (κ1) is 11.8. The van der Waals surface area contributed by atoms with E-state index in [1.54, 1.807) is 29.5 Å². The second kappa shape index (κ2) is 4.05. The number of aliphatic hydroxyl groups excluding tert-OH is 1. The molecule has 0 aromatic carbocycles. The second-order valence-corrected chi connectivity index (χ2v) is 3.77. The number of aromatic nitrogens is 2. The van der Waals surface area contributed by atoms with Gasteiger partial charge in [0.05, 0.1) is 16.7 Å². The number of rotatable bonds is 2. The van der Waals surface area contributed by atoms with Crippen LogP contribution in [0.1, 0.15) is 11.4 Å². The van der Waals surface area contributed by atoms with E-state index in [4.69, 9.17) is 5.11 Å². The number of alkyl halides is 3. The van der Waals surface area contributed by atoms with E-state index in [9.17, 15) is 13.2 Å². The van der Waals surface area contributed by atoms with Crippen LogP contribution in [0.25, 0.3) is 0 Å². The van der Waals surface area contributed by atoms with Crippen LogP contribution in [-0.2, 0) is 12.7 Å². The summed E-state index contributed by atoms with van der Waals surface area (Å²) in [5.74, 6) is 0. The summed E-state index contributed by atoms with van der Waals surface area (Å²) < 4.78 is 38.3. The molecule has 0 aliphatic carbocycles. The van der Waals surface area contributed by atoms with Crippen LogP contribution < -0.4 is 0 Å². The van der Waals surface area contributed by atoms with Gasteiger partial charge >= 0.3 is 6.18 Å². The fraction of sp³-hybridized carbons (Fsp3) is 0.571. The number of nitrogens with zero attached hydrogens (tertiary/aromatic N) is 2. The largest absolute Gasteiger partial charge is 0.436 e. The van der Waals surface area contributed by atoms with Crippen molar-refractivity contribution < 1.29 is 18.3 Å². The van der Waals surface area contributed by atoms with E-state index in [0.29, 0.717) is 5.69 Å². The summed E-state index contributed by atoms with van der Waals surface area (Å²) in [6, 6.07) is 0. The predicted octanol–water partition coefficient (Wildman–Crippen LogP) is 1.81. The molecule has 0 bridgehead atoms. The van der Waals surface area contributed by atoms with Crippen molar-refractivity contribution in [3.63, 3.8) is 0 Å². The van der Waals surface area contributed by atoms with Gasteiger partial charge in [-0.2, -0.15) is 18.3 Å². The van der Waals surface area contributed by atoms with Gasteiger partial charge in [0.1, 0.15) is 0 Å². The Morgan fingerprint density at radius 3 is 2.43 bits per heavy atom.